The van der Waals surface area contributed by atoms with E-state index >= 15 is 0 Å². The number of aryl methyl sites for hydroxylation is 1. The minimum Gasteiger partial charge on any atom is -0.463 e. The summed E-state index contributed by atoms with van der Waals surface area (Å²) in [6, 6.07) is 9.37. The van der Waals surface area contributed by atoms with Crippen LogP contribution in [0.2, 0.25) is 0 Å². The predicted molar refractivity (Wildman–Crippen MR) is 79.8 cm³/mol. The molecule has 1 aromatic carbocycles. The Morgan fingerprint density at radius 1 is 1.35 bits per heavy atom. The van der Waals surface area contributed by atoms with Crippen LogP contribution in [-0.2, 0) is 4.74 Å². The Morgan fingerprint density at radius 3 is 2.75 bits per heavy atom. The molecule has 0 amide bonds. The fourth-order valence-corrected chi connectivity index (χ4v) is 2.53. The van der Waals surface area contributed by atoms with E-state index in [4.69, 9.17) is 4.42 Å². The van der Waals surface area contributed by atoms with Crippen LogP contribution in [0.15, 0.2) is 39.2 Å². The Hall–Kier alpha value is -1.59. The molecule has 2 rings (SSSR count). The molecule has 1 N–H and O–H groups in total. The minimum atomic E-state index is -0.477. The lowest BCUT2D eigenvalue weighted by atomic mass is 10.0. The van der Waals surface area contributed by atoms with Gasteiger partial charge in [0.1, 0.15) is 5.76 Å². The van der Waals surface area contributed by atoms with Gasteiger partial charge in [0.25, 0.3) is 0 Å². The number of carbonyl (C=O) groups is 1. The lowest BCUT2D eigenvalue weighted by Crippen LogP contribution is -2.17. The third-order valence-corrected chi connectivity index (χ3v) is 3.77. The SMILES string of the molecule is CNC(c1ccc(C(=O)OC)o1)c1cc(C)ccc1Br. The van der Waals surface area contributed by atoms with Crippen LogP contribution in [0.5, 0.6) is 0 Å². The van der Waals surface area contributed by atoms with Gasteiger partial charge in [0.05, 0.1) is 13.2 Å². The lowest BCUT2D eigenvalue weighted by Gasteiger charge is -2.16. The van der Waals surface area contributed by atoms with Crippen molar-refractivity contribution in [2.45, 2.75) is 13.0 Å². The Kier molecular flexibility index (Phi) is 4.62. The van der Waals surface area contributed by atoms with Crippen molar-refractivity contribution in [2.75, 3.05) is 14.2 Å². The minimum absolute atomic E-state index is 0.136. The molecule has 0 radical (unpaired) electrons. The molecule has 1 aromatic heterocycles. The number of nitrogens with one attached hydrogen (secondary N) is 1. The third kappa shape index (κ3) is 2.94. The van der Waals surface area contributed by atoms with Gasteiger partial charge >= 0.3 is 5.97 Å². The van der Waals surface area contributed by atoms with Gasteiger partial charge in [-0.3, -0.25) is 0 Å². The number of hydrogen-bond acceptors (Lipinski definition) is 4. The molecule has 0 aliphatic rings. The van der Waals surface area contributed by atoms with E-state index in [1.54, 1.807) is 12.1 Å². The summed E-state index contributed by atoms with van der Waals surface area (Å²) >= 11 is 3.55. The zero-order valence-corrected chi connectivity index (χ0v) is 13.2. The van der Waals surface area contributed by atoms with Crippen molar-refractivity contribution in [3.63, 3.8) is 0 Å². The molecule has 0 spiro atoms. The number of hydrogen-bond donors (Lipinski definition) is 1. The molecular weight excluding hydrogens is 322 g/mol. The van der Waals surface area contributed by atoms with E-state index in [0.717, 1.165) is 15.6 Å². The molecule has 0 aliphatic carbocycles. The van der Waals surface area contributed by atoms with Gasteiger partial charge in [0, 0.05) is 4.47 Å². The molecule has 1 unspecified atom stereocenters. The van der Waals surface area contributed by atoms with Crippen molar-refractivity contribution >= 4 is 21.9 Å². The van der Waals surface area contributed by atoms with Gasteiger partial charge < -0.3 is 14.5 Å². The highest BCUT2D eigenvalue weighted by atomic mass is 79.9. The van der Waals surface area contributed by atoms with Crippen LogP contribution >= 0.6 is 15.9 Å². The van der Waals surface area contributed by atoms with Gasteiger partial charge in [0.2, 0.25) is 5.76 Å². The van der Waals surface area contributed by atoms with Gasteiger partial charge in [-0.05, 0) is 37.7 Å². The van der Waals surface area contributed by atoms with Crippen molar-refractivity contribution in [3.8, 4) is 0 Å². The van der Waals surface area contributed by atoms with Crippen LogP contribution in [0.4, 0.5) is 0 Å². The highest BCUT2D eigenvalue weighted by molar-refractivity contribution is 9.10. The number of esters is 1. The smallest absolute Gasteiger partial charge is 0.373 e. The van der Waals surface area contributed by atoms with E-state index < -0.39 is 5.97 Å². The highest BCUT2D eigenvalue weighted by Crippen LogP contribution is 2.30. The van der Waals surface area contributed by atoms with E-state index in [-0.39, 0.29) is 11.8 Å². The first-order chi connectivity index (χ1) is 9.56. The van der Waals surface area contributed by atoms with Crippen molar-refractivity contribution in [2.24, 2.45) is 0 Å². The average molecular weight is 338 g/mol. The summed E-state index contributed by atoms with van der Waals surface area (Å²) < 4.78 is 11.2. The van der Waals surface area contributed by atoms with E-state index in [9.17, 15) is 4.79 Å². The molecule has 0 fully saturated rings. The summed E-state index contributed by atoms with van der Waals surface area (Å²) in [4.78, 5) is 11.4. The maximum absolute atomic E-state index is 11.4. The number of halogens is 1. The number of methoxy groups -OCH3 is 1. The molecule has 1 atom stereocenters. The monoisotopic (exact) mass is 337 g/mol. The van der Waals surface area contributed by atoms with Crippen molar-refractivity contribution in [3.05, 3.63) is 57.5 Å². The number of carbonyl (C=O) groups excluding carboxylic acids is 1. The fraction of sp³-hybridized carbons (Fsp3) is 0.267. The highest BCUT2D eigenvalue weighted by Gasteiger charge is 2.20. The van der Waals surface area contributed by atoms with Crippen LogP contribution < -0.4 is 5.32 Å². The molecule has 0 bridgehead atoms. The van der Waals surface area contributed by atoms with Gasteiger partial charge in [0.15, 0.2) is 0 Å². The maximum Gasteiger partial charge on any atom is 0.373 e. The summed E-state index contributed by atoms with van der Waals surface area (Å²) in [5.41, 5.74) is 2.21. The second-order valence-corrected chi connectivity index (χ2v) is 5.29. The molecule has 106 valence electrons. The van der Waals surface area contributed by atoms with E-state index in [0.29, 0.717) is 5.76 Å². The summed E-state index contributed by atoms with van der Waals surface area (Å²) in [5, 5.41) is 3.20. The Morgan fingerprint density at radius 2 is 2.10 bits per heavy atom. The van der Waals surface area contributed by atoms with E-state index in [1.807, 2.05) is 26.1 Å². The molecule has 4 nitrogen and oxygen atoms in total. The van der Waals surface area contributed by atoms with Crippen molar-refractivity contribution in [1.29, 1.82) is 0 Å². The third-order valence-electron chi connectivity index (χ3n) is 3.05. The molecule has 2 aromatic rings. The Bertz CT molecular complexity index is 621. The number of ether oxygens (including phenoxy) is 1. The molecule has 0 saturated heterocycles. The summed E-state index contributed by atoms with van der Waals surface area (Å²) in [6.45, 7) is 2.03. The fourth-order valence-electron chi connectivity index (χ4n) is 2.05. The first kappa shape index (κ1) is 14.8. The zero-order chi connectivity index (χ0) is 14.7. The van der Waals surface area contributed by atoms with Crippen molar-refractivity contribution < 1.29 is 13.9 Å². The number of furan rings is 1. The summed E-state index contributed by atoms with van der Waals surface area (Å²) in [7, 11) is 3.18. The van der Waals surface area contributed by atoms with Crippen LogP contribution in [0.3, 0.4) is 0 Å². The van der Waals surface area contributed by atoms with Crippen LogP contribution in [0.25, 0.3) is 0 Å². The van der Waals surface area contributed by atoms with Crippen molar-refractivity contribution in [1.82, 2.24) is 5.32 Å². The zero-order valence-electron chi connectivity index (χ0n) is 11.6. The molecular formula is C15H16BrNO3. The summed E-state index contributed by atoms with van der Waals surface area (Å²) in [6.07, 6.45) is 0. The largest absolute Gasteiger partial charge is 0.463 e. The summed E-state index contributed by atoms with van der Waals surface area (Å²) in [5.74, 6) is 0.389. The van der Waals surface area contributed by atoms with Gasteiger partial charge in [-0.2, -0.15) is 0 Å². The van der Waals surface area contributed by atoms with Crippen LogP contribution in [0.1, 0.15) is 33.5 Å². The average Bonchev–Trinajstić information content (AvgIpc) is 2.92. The lowest BCUT2D eigenvalue weighted by molar-refractivity contribution is 0.0562. The molecule has 1 heterocycles. The maximum atomic E-state index is 11.4. The van der Waals surface area contributed by atoms with E-state index in [1.165, 1.54) is 7.11 Å². The van der Waals surface area contributed by atoms with Gasteiger partial charge in [-0.25, -0.2) is 4.79 Å². The molecule has 5 heteroatoms. The molecule has 0 aliphatic heterocycles. The van der Waals surface area contributed by atoms with Crippen LogP contribution in [0, 0.1) is 6.92 Å². The molecule has 20 heavy (non-hydrogen) atoms. The predicted octanol–water partition coefficient (Wildman–Crippen LogP) is 3.45. The second-order valence-electron chi connectivity index (χ2n) is 4.44. The number of rotatable bonds is 4. The first-order valence-corrected chi connectivity index (χ1v) is 6.97. The van der Waals surface area contributed by atoms with E-state index in [2.05, 4.69) is 32.0 Å². The second kappa shape index (κ2) is 6.24. The quantitative estimate of drug-likeness (QED) is 0.868. The van der Waals surface area contributed by atoms with Gasteiger partial charge in [-0.1, -0.05) is 33.6 Å². The standard InChI is InChI=1S/C15H16BrNO3/c1-9-4-5-11(16)10(8-9)14(17-2)12-6-7-13(20-12)15(18)19-3/h4-8,14,17H,1-3H3. The first-order valence-electron chi connectivity index (χ1n) is 6.18. The Balaban J connectivity index is 2.39. The van der Waals surface area contributed by atoms with Crippen LogP contribution in [-0.4, -0.2) is 20.1 Å². The number of benzene rings is 1. The van der Waals surface area contributed by atoms with Gasteiger partial charge in [-0.15, -0.1) is 0 Å². The topological polar surface area (TPSA) is 51.5 Å². The molecule has 0 saturated carbocycles. The Labute approximate surface area is 126 Å². The normalized spacial score (nSPS) is 12.2.